The van der Waals surface area contributed by atoms with E-state index in [1.165, 1.54) is 0 Å². The minimum atomic E-state index is -4.73. The van der Waals surface area contributed by atoms with Crippen LogP contribution in [0.5, 0.6) is 0 Å². The molecule has 1 fully saturated rings. The molecule has 1 aromatic heterocycles. The third-order valence-corrected chi connectivity index (χ3v) is 6.58. The number of non-ortho nitro benzene ring substituents is 1. The quantitative estimate of drug-likeness (QED) is 0.320. The molecule has 3 aromatic rings. The van der Waals surface area contributed by atoms with Gasteiger partial charge in [0.2, 0.25) is 0 Å². The lowest BCUT2D eigenvalue weighted by Gasteiger charge is -2.31. The van der Waals surface area contributed by atoms with Crippen LogP contribution in [0.25, 0.3) is 10.9 Å². The monoisotopic (exact) mass is 517 g/mol. The Kier molecular flexibility index (Phi) is 7.30. The summed E-state index contributed by atoms with van der Waals surface area (Å²) >= 11 is 0. The van der Waals surface area contributed by atoms with E-state index in [0.29, 0.717) is 41.7 Å². The number of hydrogen-bond acceptors (Lipinski definition) is 7. The number of carbonyl (C=O) groups is 1. The SMILES string of the molecule is Cc1nc(N[C@H](C)c2cc([N+](=O)[O-])cc(C(F)(F)F)c2)c2cc(C3CCN(CC(=O)O)CC3)ccc2n1. The number of fused-ring (bicyclic) bond motifs is 1. The Labute approximate surface area is 210 Å². The second-order valence-corrected chi connectivity index (χ2v) is 9.27. The van der Waals surface area contributed by atoms with Crippen LogP contribution in [0.2, 0.25) is 0 Å². The lowest BCUT2D eigenvalue weighted by atomic mass is 9.88. The molecule has 0 radical (unpaired) electrons. The molecule has 0 unspecified atom stereocenters. The fourth-order valence-corrected chi connectivity index (χ4v) is 4.68. The number of piperidine rings is 1. The first kappa shape index (κ1) is 26.3. The van der Waals surface area contributed by atoms with E-state index >= 15 is 0 Å². The van der Waals surface area contributed by atoms with Gasteiger partial charge in [-0.05, 0) is 75.0 Å². The summed E-state index contributed by atoms with van der Waals surface area (Å²) in [6.45, 7) is 4.66. The van der Waals surface area contributed by atoms with E-state index in [0.717, 1.165) is 30.5 Å². The molecular formula is C25H26F3N5O4. The lowest BCUT2D eigenvalue weighted by Crippen LogP contribution is -2.36. The van der Waals surface area contributed by atoms with Crippen LogP contribution in [-0.2, 0) is 11.0 Å². The molecule has 37 heavy (non-hydrogen) atoms. The number of nitro groups is 1. The van der Waals surface area contributed by atoms with Crippen molar-refractivity contribution >= 4 is 28.4 Å². The molecule has 0 spiro atoms. The van der Waals surface area contributed by atoms with Crippen molar-refractivity contribution in [1.82, 2.24) is 14.9 Å². The first-order chi connectivity index (χ1) is 17.4. The number of nitrogens with one attached hydrogen (secondary N) is 1. The minimum Gasteiger partial charge on any atom is -0.480 e. The summed E-state index contributed by atoms with van der Waals surface area (Å²) in [5.74, 6) is 0.243. The number of aromatic nitrogens is 2. The predicted molar refractivity (Wildman–Crippen MR) is 130 cm³/mol. The Bertz CT molecular complexity index is 1340. The van der Waals surface area contributed by atoms with Crippen molar-refractivity contribution < 1.29 is 28.0 Å². The van der Waals surface area contributed by atoms with Gasteiger partial charge in [-0.25, -0.2) is 9.97 Å². The Morgan fingerprint density at radius 1 is 1.22 bits per heavy atom. The molecule has 12 heteroatoms. The van der Waals surface area contributed by atoms with Crippen molar-refractivity contribution in [2.45, 2.75) is 44.8 Å². The zero-order valence-electron chi connectivity index (χ0n) is 20.2. The van der Waals surface area contributed by atoms with Crippen LogP contribution in [0, 0.1) is 17.0 Å². The summed E-state index contributed by atoms with van der Waals surface area (Å²) < 4.78 is 40.1. The molecule has 0 aliphatic carbocycles. The fraction of sp³-hybridized carbons (Fsp3) is 0.400. The zero-order chi connectivity index (χ0) is 26.9. The Morgan fingerprint density at radius 2 is 1.92 bits per heavy atom. The number of nitro benzene ring substituents is 1. The number of carboxylic acids is 1. The molecule has 0 bridgehead atoms. The average Bonchev–Trinajstić information content (AvgIpc) is 2.83. The molecule has 0 amide bonds. The van der Waals surface area contributed by atoms with E-state index < -0.39 is 34.4 Å². The van der Waals surface area contributed by atoms with Gasteiger partial charge < -0.3 is 10.4 Å². The number of aryl methyl sites for hydroxylation is 1. The van der Waals surface area contributed by atoms with Crippen LogP contribution in [0.3, 0.4) is 0 Å². The van der Waals surface area contributed by atoms with E-state index in [-0.39, 0.29) is 18.0 Å². The molecule has 2 heterocycles. The molecule has 1 atom stereocenters. The van der Waals surface area contributed by atoms with Crippen molar-refractivity contribution in [1.29, 1.82) is 0 Å². The van der Waals surface area contributed by atoms with E-state index in [1.807, 2.05) is 23.1 Å². The van der Waals surface area contributed by atoms with Crippen molar-refractivity contribution in [2.75, 3.05) is 25.0 Å². The molecule has 2 N–H and O–H groups in total. The van der Waals surface area contributed by atoms with Crippen LogP contribution >= 0.6 is 0 Å². The molecule has 4 rings (SSSR count). The third-order valence-electron chi connectivity index (χ3n) is 6.58. The summed E-state index contributed by atoms with van der Waals surface area (Å²) in [4.78, 5) is 32.2. The van der Waals surface area contributed by atoms with Crippen LogP contribution in [-0.4, -0.2) is 50.5 Å². The number of alkyl halides is 3. The maximum Gasteiger partial charge on any atom is 0.416 e. The third kappa shape index (κ3) is 6.13. The summed E-state index contributed by atoms with van der Waals surface area (Å²) in [5.41, 5.74) is 0.0712. The number of carboxylic acid groups (broad SMARTS) is 1. The number of nitrogens with zero attached hydrogens (tertiary/aromatic N) is 4. The first-order valence-electron chi connectivity index (χ1n) is 11.8. The molecular weight excluding hydrogens is 491 g/mol. The Hall–Kier alpha value is -3.80. The van der Waals surface area contributed by atoms with Gasteiger partial charge in [-0.3, -0.25) is 19.8 Å². The number of aliphatic carboxylic acids is 1. The van der Waals surface area contributed by atoms with Crippen LogP contribution in [0.4, 0.5) is 24.7 Å². The molecule has 9 nitrogen and oxygen atoms in total. The van der Waals surface area contributed by atoms with Gasteiger partial charge in [0.05, 0.1) is 28.6 Å². The van der Waals surface area contributed by atoms with Gasteiger partial charge in [0.1, 0.15) is 11.6 Å². The number of benzene rings is 2. The van der Waals surface area contributed by atoms with Crippen molar-refractivity contribution in [2.24, 2.45) is 0 Å². The number of rotatable bonds is 7. The van der Waals surface area contributed by atoms with Gasteiger partial charge in [0.25, 0.3) is 5.69 Å². The zero-order valence-corrected chi connectivity index (χ0v) is 20.2. The average molecular weight is 518 g/mol. The summed E-state index contributed by atoms with van der Waals surface area (Å²) in [6.07, 6.45) is -3.15. The number of hydrogen-bond donors (Lipinski definition) is 2. The first-order valence-corrected chi connectivity index (χ1v) is 11.8. The molecule has 196 valence electrons. The summed E-state index contributed by atoms with van der Waals surface area (Å²) in [6, 6.07) is 7.63. The normalized spacial score (nSPS) is 16.0. The smallest absolute Gasteiger partial charge is 0.416 e. The van der Waals surface area contributed by atoms with Gasteiger partial charge in [-0.15, -0.1) is 0 Å². The summed E-state index contributed by atoms with van der Waals surface area (Å²) in [7, 11) is 0. The van der Waals surface area contributed by atoms with Gasteiger partial charge in [-0.1, -0.05) is 6.07 Å². The van der Waals surface area contributed by atoms with Crippen molar-refractivity contribution in [3.05, 3.63) is 69.0 Å². The lowest BCUT2D eigenvalue weighted by molar-refractivity contribution is -0.385. The maximum atomic E-state index is 13.4. The minimum absolute atomic E-state index is 0.0111. The fourth-order valence-electron chi connectivity index (χ4n) is 4.68. The second-order valence-electron chi connectivity index (χ2n) is 9.27. The number of halogens is 3. The van der Waals surface area contributed by atoms with Crippen LogP contribution in [0.15, 0.2) is 36.4 Å². The summed E-state index contributed by atoms with van der Waals surface area (Å²) in [5, 5.41) is 24.1. The van der Waals surface area contributed by atoms with Crippen LogP contribution in [0.1, 0.15) is 54.2 Å². The topological polar surface area (TPSA) is 121 Å². The van der Waals surface area contributed by atoms with E-state index in [4.69, 9.17) is 5.11 Å². The Balaban J connectivity index is 1.64. The predicted octanol–water partition coefficient (Wildman–Crippen LogP) is 5.30. The van der Waals surface area contributed by atoms with Gasteiger partial charge in [-0.2, -0.15) is 13.2 Å². The second kappa shape index (κ2) is 10.3. The van der Waals surface area contributed by atoms with E-state index in [1.54, 1.807) is 13.8 Å². The van der Waals surface area contributed by atoms with Gasteiger partial charge in [0.15, 0.2) is 0 Å². The molecule has 1 aliphatic heterocycles. The highest BCUT2D eigenvalue weighted by Gasteiger charge is 2.33. The van der Waals surface area contributed by atoms with Gasteiger partial charge in [0, 0.05) is 17.5 Å². The molecule has 1 saturated heterocycles. The molecule has 1 aliphatic rings. The van der Waals surface area contributed by atoms with E-state index in [2.05, 4.69) is 15.3 Å². The van der Waals surface area contributed by atoms with Gasteiger partial charge >= 0.3 is 12.1 Å². The highest BCUT2D eigenvalue weighted by atomic mass is 19.4. The maximum absolute atomic E-state index is 13.4. The highest BCUT2D eigenvalue weighted by molar-refractivity contribution is 5.90. The van der Waals surface area contributed by atoms with Crippen molar-refractivity contribution in [3.8, 4) is 0 Å². The number of likely N-dealkylation sites (tertiary alicyclic amines) is 1. The largest absolute Gasteiger partial charge is 0.480 e. The number of anilines is 1. The highest BCUT2D eigenvalue weighted by Crippen LogP contribution is 2.36. The molecule has 0 saturated carbocycles. The standard InChI is InChI=1S/C25H26F3N5O4/c1-14(18-9-19(25(26,27)28)12-20(10-18)33(36)37)29-24-21-11-17(3-4-22(21)30-15(2)31-24)16-5-7-32(8-6-16)13-23(34)35/h3-4,9-12,14,16H,5-8,13H2,1-2H3,(H,34,35)(H,29,30,31)/t14-/m1/s1. The van der Waals surface area contributed by atoms with E-state index in [9.17, 15) is 28.1 Å². The molecule has 2 aromatic carbocycles. The van der Waals surface area contributed by atoms with Crippen LogP contribution < -0.4 is 5.32 Å². The Morgan fingerprint density at radius 3 is 2.54 bits per heavy atom. The van der Waals surface area contributed by atoms with Crippen molar-refractivity contribution in [3.63, 3.8) is 0 Å².